The van der Waals surface area contributed by atoms with E-state index in [1.807, 2.05) is 0 Å². The molecule has 1 aromatic rings. The Morgan fingerprint density at radius 1 is 1.25 bits per heavy atom. The van der Waals surface area contributed by atoms with Gasteiger partial charge in [-0.05, 0) is 6.07 Å². The van der Waals surface area contributed by atoms with Gasteiger partial charge in [-0.2, -0.15) is 0 Å². The largest absolute Gasteiger partial charge is 0.467 e. The molecule has 20 heavy (non-hydrogen) atoms. The standard InChI is InChI=1S/C11H9F4NO4/c1-20-11(19)6(3-17)16-10(18)4-2-5(12)8(14)9(15)7(4)13/h2,6,17H,3H2,1H3,(H,16,18). The fourth-order valence-electron chi connectivity index (χ4n) is 1.30. The highest BCUT2D eigenvalue weighted by Crippen LogP contribution is 2.18. The van der Waals surface area contributed by atoms with Gasteiger partial charge in [0.15, 0.2) is 29.3 Å². The number of amides is 1. The van der Waals surface area contributed by atoms with E-state index >= 15 is 0 Å². The van der Waals surface area contributed by atoms with Crippen LogP contribution in [-0.2, 0) is 9.53 Å². The van der Waals surface area contributed by atoms with Crippen molar-refractivity contribution in [3.63, 3.8) is 0 Å². The highest BCUT2D eigenvalue weighted by atomic mass is 19.2. The molecule has 0 saturated carbocycles. The van der Waals surface area contributed by atoms with Crippen LogP contribution < -0.4 is 5.32 Å². The van der Waals surface area contributed by atoms with E-state index in [-0.39, 0.29) is 6.07 Å². The number of esters is 1. The van der Waals surface area contributed by atoms with Gasteiger partial charge in [-0.25, -0.2) is 22.4 Å². The third-order valence-corrected chi connectivity index (χ3v) is 2.32. The van der Waals surface area contributed by atoms with Gasteiger partial charge in [-0.3, -0.25) is 4.79 Å². The second kappa shape index (κ2) is 6.33. The summed E-state index contributed by atoms with van der Waals surface area (Å²) < 4.78 is 56.1. The van der Waals surface area contributed by atoms with E-state index in [1.54, 1.807) is 5.32 Å². The van der Waals surface area contributed by atoms with Crippen LogP contribution in [0.5, 0.6) is 0 Å². The van der Waals surface area contributed by atoms with Crippen molar-refractivity contribution < 1.29 is 37.0 Å². The van der Waals surface area contributed by atoms with Crippen LogP contribution in [0.15, 0.2) is 6.07 Å². The van der Waals surface area contributed by atoms with Crippen LogP contribution in [-0.4, -0.2) is 36.7 Å². The maximum absolute atomic E-state index is 13.3. The van der Waals surface area contributed by atoms with Gasteiger partial charge in [0, 0.05) is 0 Å². The van der Waals surface area contributed by atoms with Crippen LogP contribution in [0.25, 0.3) is 0 Å². The zero-order valence-corrected chi connectivity index (χ0v) is 10.0. The summed E-state index contributed by atoms with van der Waals surface area (Å²) in [6, 6.07) is -1.42. The zero-order chi connectivity index (χ0) is 15.4. The molecule has 0 aliphatic rings. The molecular formula is C11H9F4NO4. The molecule has 0 fully saturated rings. The van der Waals surface area contributed by atoms with Crippen LogP contribution in [0.4, 0.5) is 17.6 Å². The Hall–Kier alpha value is -2.16. The summed E-state index contributed by atoms with van der Waals surface area (Å²) in [4.78, 5) is 22.6. The van der Waals surface area contributed by atoms with Crippen LogP contribution in [0.3, 0.4) is 0 Å². The lowest BCUT2D eigenvalue weighted by molar-refractivity contribution is -0.143. The monoisotopic (exact) mass is 295 g/mol. The number of aliphatic hydroxyl groups excluding tert-OH is 1. The van der Waals surface area contributed by atoms with E-state index in [0.29, 0.717) is 0 Å². The predicted molar refractivity (Wildman–Crippen MR) is 56.6 cm³/mol. The summed E-state index contributed by atoms with van der Waals surface area (Å²) >= 11 is 0. The first kappa shape index (κ1) is 15.9. The zero-order valence-electron chi connectivity index (χ0n) is 10.0. The minimum Gasteiger partial charge on any atom is -0.467 e. The van der Waals surface area contributed by atoms with E-state index in [2.05, 4.69) is 4.74 Å². The van der Waals surface area contributed by atoms with Gasteiger partial charge in [-0.15, -0.1) is 0 Å². The highest BCUT2D eigenvalue weighted by molar-refractivity contribution is 5.97. The van der Waals surface area contributed by atoms with Crippen molar-refractivity contribution in [2.75, 3.05) is 13.7 Å². The molecule has 1 unspecified atom stereocenters. The number of hydrogen-bond acceptors (Lipinski definition) is 4. The number of nitrogens with one attached hydrogen (secondary N) is 1. The number of halogens is 4. The van der Waals surface area contributed by atoms with E-state index in [1.165, 1.54) is 0 Å². The predicted octanol–water partition coefficient (Wildman–Crippen LogP) is 0.507. The SMILES string of the molecule is COC(=O)C(CO)NC(=O)c1cc(F)c(F)c(F)c1F. The van der Waals surface area contributed by atoms with Crippen molar-refractivity contribution >= 4 is 11.9 Å². The molecule has 0 bridgehead atoms. The summed E-state index contributed by atoms with van der Waals surface area (Å²) in [5, 5.41) is 10.6. The van der Waals surface area contributed by atoms with Crippen LogP contribution in [0, 0.1) is 23.3 Å². The van der Waals surface area contributed by atoms with Gasteiger partial charge >= 0.3 is 5.97 Å². The summed E-state index contributed by atoms with van der Waals surface area (Å²) in [6.45, 7) is -0.883. The second-order valence-electron chi connectivity index (χ2n) is 3.58. The maximum atomic E-state index is 13.3. The van der Waals surface area contributed by atoms with E-state index in [9.17, 15) is 27.2 Å². The lowest BCUT2D eigenvalue weighted by Crippen LogP contribution is -2.44. The number of ether oxygens (including phenoxy) is 1. The van der Waals surface area contributed by atoms with Gasteiger partial charge in [0.25, 0.3) is 5.91 Å². The van der Waals surface area contributed by atoms with Gasteiger partial charge in [0.05, 0.1) is 19.3 Å². The average molecular weight is 295 g/mol. The maximum Gasteiger partial charge on any atom is 0.330 e. The molecule has 0 radical (unpaired) electrons. The Labute approximate surface area is 110 Å². The van der Waals surface area contributed by atoms with Crippen LogP contribution in [0.1, 0.15) is 10.4 Å². The van der Waals surface area contributed by atoms with Crippen LogP contribution >= 0.6 is 0 Å². The summed E-state index contributed by atoms with van der Waals surface area (Å²) in [7, 11) is 0.967. The molecule has 1 aromatic carbocycles. The minimum absolute atomic E-state index is 0.134. The summed E-state index contributed by atoms with van der Waals surface area (Å²) in [5.41, 5.74) is -1.15. The molecule has 9 heteroatoms. The molecule has 0 aromatic heterocycles. The molecule has 1 atom stereocenters. The molecule has 1 amide bonds. The number of aliphatic hydroxyl groups is 1. The molecule has 5 nitrogen and oxygen atoms in total. The van der Waals surface area contributed by atoms with Crippen molar-refractivity contribution in [1.29, 1.82) is 0 Å². The molecule has 0 heterocycles. The molecule has 0 aliphatic heterocycles. The smallest absolute Gasteiger partial charge is 0.330 e. The number of carbonyl (C=O) groups excluding carboxylic acids is 2. The van der Waals surface area contributed by atoms with Crippen molar-refractivity contribution in [2.45, 2.75) is 6.04 Å². The Bertz CT molecular complexity index is 550. The van der Waals surface area contributed by atoms with Crippen molar-refractivity contribution in [2.24, 2.45) is 0 Å². The molecular weight excluding hydrogens is 286 g/mol. The second-order valence-corrected chi connectivity index (χ2v) is 3.58. The third-order valence-electron chi connectivity index (χ3n) is 2.32. The summed E-state index contributed by atoms with van der Waals surface area (Å²) in [5.74, 6) is -10.4. The van der Waals surface area contributed by atoms with Gasteiger partial charge < -0.3 is 15.2 Å². The van der Waals surface area contributed by atoms with E-state index in [4.69, 9.17) is 5.11 Å². The molecule has 0 saturated heterocycles. The number of hydrogen-bond donors (Lipinski definition) is 2. The first-order valence-electron chi connectivity index (χ1n) is 5.16. The first-order valence-corrected chi connectivity index (χ1v) is 5.16. The van der Waals surface area contributed by atoms with Crippen molar-refractivity contribution in [3.05, 3.63) is 34.9 Å². The third kappa shape index (κ3) is 3.05. The fraction of sp³-hybridized carbons (Fsp3) is 0.273. The molecule has 1 rings (SSSR count). The molecule has 110 valence electrons. The number of methoxy groups -OCH3 is 1. The summed E-state index contributed by atoms with van der Waals surface area (Å²) in [6.07, 6.45) is 0. The van der Waals surface area contributed by atoms with Crippen LogP contribution in [0.2, 0.25) is 0 Å². The van der Waals surface area contributed by atoms with E-state index in [0.717, 1.165) is 7.11 Å². The molecule has 0 aliphatic carbocycles. The van der Waals surface area contributed by atoms with Gasteiger partial charge in [-0.1, -0.05) is 0 Å². The van der Waals surface area contributed by atoms with E-state index < -0.39 is 53.4 Å². The normalized spacial score (nSPS) is 11.9. The van der Waals surface area contributed by atoms with Crippen molar-refractivity contribution in [1.82, 2.24) is 5.32 Å². The Morgan fingerprint density at radius 2 is 1.85 bits per heavy atom. The van der Waals surface area contributed by atoms with Gasteiger partial charge in [0.1, 0.15) is 0 Å². The number of carbonyl (C=O) groups is 2. The Morgan fingerprint density at radius 3 is 2.35 bits per heavy atom. The quantitative estimate of drug-likeness (QED) is 0.367. The Balaban J connectivity index is 3.07. The van der Waals surface area contributed by atoms with Crippen molar-refractivity contribution in [3.8, 4) is 0 Å². The Kier molecular flexibility index (Phi) is 5.03. The highest BCUT2D eigenvalue weighted by Gasteiger charge is 2.26. The number of benzene rings is 1. The lowest BCUT2D eigenvalue weighted by atomic mass is 10.1. The fourth-order valence-corrected chi connectivity index (χ4v) is 1.30. The average Bonchev–Trinajstić information content (AvgIpc) is 2.45. The first-order chi connectivity index (χ1) is 9.33. The topological polar surface area (TPSA) is 75.6 Å². The number of rotatable bonds is 4. The molecule has 0 spiro atoms. The van der Waals surface area contributed by atoms with Gasteiger partial charge in [0.2, 0.25) is 0 Å². The minimum atomic E-state index is -2.16. The lowest BCUT2D eigenvalue weighted by Gasteiger charge is -2.14. The molecule has 2 N–H and O–H groups in total.